The zero-order valence-corrected chi connectivity index (χ0v) is 13.0. The summed E-state index contributed by atoms with van der Waals surface area (Å²) in [5.41, 5.74) is 0. The monoisotopic (exact) mass is 307 g/mol. The molecule has 4 aliphatic rings. The van der Waals surface area contributed by atoms with Crippen molar-refractivity contribution in [1.82, 2.24) is 5.32 Å². The molecule has 0 spiro atoms. The molecule has 4 bridgehead atoms. The number of fused-ring (bicyclic) bond motifs is 4. The van der Waals surface area contributed by atoms with Crippen molar-refractivity contribution >= 4 is 11.9 Å². The molecule has 2 saturated carbocycles. The number of aliphatic carboxylic acids is 1. The zero-order chi connectivity index (χ0) is 15.4. The van der Waals surface area contributed by atoms with Crippen molar-refractivity contribution in [3.05, 3.63) is 0 Å². The van der Waals surface area contributed by atoms with E-state index >= 15 is 0 Å². The Morgan fingerprint density at radius 1 is 1.09 bits per heavy atom. The molecule has 1 amide bonds. The maximum atomic E-state index is 12.7. The molecule has 4 rings (SSSR count). The van der Waals surface area contributed by atoms with Gasteiger partial charge in [-0.15, -0.1) is 0 Å². The highest BCUT2D eigenvalue weighted by Gasteiger charge is 2.56. The first kappa shape index (κ1) is 14.5. The van der Waals surface area contributed by atoms with E-state index in [-0.39, 0.29) is 24.2 Å². The van der Waals surface area contributed by atoms with Crippen molar-refractivity contribution in [3.8, 4) is 0 Å². The minimum atomic E-state index is -0.889. The molecular weight excluding hydrogens is 282 g/mol. The minimum Gasteiger partial charge on any atom is -0.481 e. The Morgan fingerprint density at radius 2 is 1.82 bits per heavy atom. The summed E-state index contributed by atoms with van der Waals surface area (Å²) in [6.45, 7) is 2.09. The number of carboxylic acids is 1. The third kappa shape index (κ3) is 2.16. The van der Waals surface area contributed by atoms with Gasteiger partial charge in [0.1, 0.15) is 0 Å². The van der Waals surface area contributed by atoms with Gasteiger partial charge < -0.3 is 15.2 Å². The number of carbonyl (C=O) groups is 2. The van der Waals surface area contributed by atoms with E-state index in [1.165, 1.54) is 25.7 Å². The largest absolute Gasteiger partial charge is 0.481 e. The second-order valence-corrected chi connectivity index (χ2v) is 7.82. The summed E-state index contributed by atoms with van der Waals surface area (Å²) in [4.78, 5) is 24.2. The summed E-state index contributed by atoms with van der Waals surface area (Å²) in [7, 11) is 0. The van der Waals surface area contributed by atoms with Crippen LogP contribution in [0.2, 0.25) is 0 Å². The van der Waals surface area contributed by atoms with E-state index in [0.29, 0.717) is 5.92 Å². The third-order valence-corrected chi connectivity index (χ3v) is 6.67. The number of ether oxygens (including phenoxy) is 1. The molecule has 0 aromatic heterocycles. The Hall–Kier alpha value is -1.10. The van der Waals surface area contributed by atoms with Gasteiger partial charge in [-0.05, 0) is 56.8 Å². The van der Waals surface area contributed by atoms with Crippen LogP contribution >= 0.6 is 0 Å². The minimum absolute atomic E-state index is 0.102. The fourth-order valence-corrected chi connectivity index (χ4v) is 5.66. The Labute approximate surface area is 130 Å². The van der Waals surface area contributed by atoms with Crippen molar-refractivity contribution in [2.75, 3.05) is 0 Å². The first-order chi connectivity index (χ1) is 10.5. The number of rotatable bonds is 4. The van der Waals surface area contributed by atoms with Crippen molar-refractivity contribution in [1.29, 1.82) is 0 Å². The highest BCUT2D eigenvalue weighted by Crippen LogP contribution is 2.50. The number of hydrogen-bond donors (Lipinski definition) is 2. The number of amides is 1. The summed E-state index contributed by atoms with van der Waals surface area (Å²) >= 11 is 0. The summed E-state index contributed by atoms with van der Waals surface area (Å²) in [5.74, 6) is 0.0300. The van der Waals surface area contributed by atoms with Gasteiger partial charge in [0.15, 0.2) is 0 Å². The lowest BCUT2D eigenvalue weighted by Gasteiger charge is -2.31. The number of carboxylic acid groups (broad SMARTS) is 1. The lowest BCUT2D eigenvalue weighted by atomic mass is 9.78. The predicted molar refractivity (Wildman–Crippen MR) is 79.1 cm³/mol. The smallest absolute Gasteiger partial charge is 0.310 e. The van der Waals surface area contributed by atoms with E-state index in [4.69, 9.17) is 4.74 Å². The molecule has 0 aromatic carbocycles. The van der Waals surface area contributed by atoms with Gasteiger partial charge in [0, 0.05) is 6.04 Å². The second kappa shape index (κ2) is 5.22. The quantitative estimate of drug-likeness (QED) is 0.830. The lowest BCUT2D eigenvalue weighted by molar-refractivity contribution is -0.148. The van der Waals surface area contributed by atoms with Crippen LogP contribution in [0.15, 0.2) is 0 Å². The van der Waals surface area contributed by atoms with E-state index in [0.717, 1.165) is 24.7 Å². The molecule has 5 nitrogen and oxygen atoms in total. The van der Waals surface area contributed by atoms with Crippen molar-refractivity contribution in [2.45, 2.75) is 63.7 Å². The summed E-state index contributed by atoms with van der Waals surface area (Å²) in [6, 6.07) is 0.149. The summed E-state index contributed by atoms with van der Waals surface area (Å²) in [6.07, 6.45) is 6.31. The third-order valence-electron chi connectivity index (χ3n) is 6.67. The van der Waals surface area contributed by atoms with E-state index in [9.17, 15) is 14.7 Å². The average molecular weight is 307 g/mol. The zero-order valence-electron chi connectivity index (χ0n) is 13.0. The molecule has 2 aliphatic carbocycles. The van der Waals surface area contributed by atoms with Gasteiger partial charge in [-0.25, -0.2) is 0 Å². The van der Waals surface area contributed by atoms with E-state index in [1.54, 1.807) is 0 Å². The molecule has 2 saturated heterocycles. The first-order valence-electron chi connectivity index (χ1n) is 8.73. The van der Waals surface area contributed by atoms with Crippen LogP contribution in [0.4, 0.5) is 0 Å². The molecule has 2 heterocycles. The van der Waals surface area contributed by atoms with E-state index < -0.39 is 17.8 Å². The van der Waals surface area contributed by atoms with Gasteiger partial charge in [0.2, 0.25) is 5.91 Å². The fraction of sp³-hybridized carbons (Fsp3) is 0.882. The molecule has 2 N–H and O–H groups in total. The topological polar surface area (TPSA) is 75.6 Å². The first-order valence-corrected chi connectivity index (χ1v) is 8.73. The van der Waals surface area contributed by atoms with Gasteiger partial charge in [-0.1, -0.05) is 6.42 Å². The van der Waals surface area contributed by atoms with E-state index in [1.807, 2.05) is 0 Å². The summed E-state index contributed by atoms with van der Waals surface area (Å²) < 4.78 is 5.69. The van der Waals surface area contributed by atoms with Gasteiger partial charge in [-0.2, -0.15) is 0 Å². The van der Waals surface area contributed by atoms with Crippen molar-refractivity contribution in [2.24, 2.45) is 29.6 Å². The highest BCUT2D eigenvalue weighted by molar-refractivity contribution is 5.86. The number of carbonyl (C=O) groups excluding carboxylic acids is 1. The Balaban J connectivity index is 1.42. The molecular formula is C17H25NO4. The molecule has 8 atom stereocenters. The molecule has 5 heteroatoms. The van der Waals surface area contributed by atoms with Crippen molar-refractivity contribution in [3.63, 3.8) is 0 Å². The van der Waals surface area contributed by atoms with E-state index in [2.05, 4.69) is 12.2 Å². The van der Waals surface area contributed by atoms with Gasteiger partial charge in [0.05, 0.1) is 24.0 Å². The summed E-state index contributed by atoms with van der Waals surface area (Å²) in [5, 5.41) is 12.6. The average Bonchev–Trinajstić information content (AvgIpc) is 3.24. The molecule has 0 radical (unpaired) electrons. The Morgan fingerprint density at radius 3 is 2.41 bits per heavy atom. The maximum Gasteiger partial charge on any atom is 0.310 e. The van der Waals surface area contributed by atoms with Crippen LogP contribution in [-0.2, 0) is 14.3 Å². The predicted octanol–water partition coefficient (Wildman–Crippen LogP) is 1.81. The molecule has 4 fully saturated rings. The molecule has 0 unspecified atom stereocenters. The van der Waals surface area contributed by atoms with Crippen LogP contribution in [0.5, 0.6) is 0 Å². The molecule has 2 aliphatic heterocycles. The van der Waals surface area contributed by atoms with Gasteiger partial charge >= 0.3 is 5.97 Å². The van der Waals surface area contributed by atoms with Crippen LogP contribution in [0.3, 0.4) is 0 Å². The number of hydrogen-bond acceptors (Lipinski definition) is 3. The molecule has 122 valence electrons. The second-order valence-electron chi connectivity index (χ2n) is 7.82. The fourth-order valence-electron chi connectivity index (χ4n) is 5.66. The Kier molecular flexibility index (Phi) is 3.44. The van der Waals surface area contributed by atoms with Gasteiger partial charge in [0.25, 0.3) is 0 Å². The lowest BCUT2D eigenvalue weighted by Crippen LogP contribution is -2.48. The Bertz CT molecular complexity index is 493. The normalized spacial score (nSPS) is 46.9. The van der Waals surface area contributed by atoms with Crippen molar-refractivity contribution < 1.29 is 19.4 Å². The highest BCUT2D eigenvalue weighted by atomic mass is 16.5. The SMILES string of the molecule is C[C@@H](NC(=O)[C@H]1[C@@H](C(=O)O)[C@@H]2CC[C@@H]1O2)[C@H]1C[C@@H]2CC[C@@H]1C2. The standard InChI is InChI=1S/C17H25NO4/c1-8(11-7-9-2-3-10(11)6-9)18-16(19)14-12-4-5-13(22-12)15(14)17(20)21/h8-15H,2-7H2,1H3,(H,18,19)(H,20,21)/t8-,9-,10-,11-,12+,13+,14-,15+/m1/s1. The van der Waals surface area contributed by atoms with Crippen LogP contribution in [0.25, 0.3) is 0 Å². The molecule has 0 aromatic rings. The van der Waals surface area contributed by atoms with Gasteiger partial charge in [-0.3, -0.25) is 9.59 Å². The maximum absolute atomic E-state index is 12.7. The van der Waals surface area contributed by atoms with Crippen LogP contribution in [0.1, 0.15) is 45.4 Å². The molecule has 22 heavy (non-hydrogen) atoms. The van der Waals surface area contributed by atoms with Crippen LogP contribution in [0, 0.1) is 29.6 Å². The van der Waals surface area contributed by atoms with Crippen LogP contribution < -0.4 is 5.32 Å². The van der Waals surface area contributed by atoms with Crippen LogP contribution in [-0.4, -0.2) is 35.2 Å². The number of nitrogens with one attached hydrogen (secondary N) is 1.